The first-order valence-corrected chi connectivity index (χ1v) is 10.6. The number of pyridine rings is 1. The van der Waals surface area contributed by atoms with Gasteiger partial charge in [-0.3, -0.25) is 19.4 Å². The smallest absolute Gasteiger partial charge is 0.252 e. The molecule has 0 unspecified atom stereocenters. The SMILES string of the molecule is Cc1ccccc1C(=O)N[C@@H](c1ccccn1)[C@@H]1CCCN(Cc2cnn(C)c2)C1. The van der Waals surface area contributed by atoms with Gasteiger partial charge in [0.15, 0.2) is 0 Å². The van der Waals surface area contributed by atoms with Gasteiger partial charge in [0.05, 0.1) is 17.9 Å². The number of carbonyl (C=O) groups excluding carboxylic acids is 1. The van der Waals surface area contributed by atoms with Crippen LogP contribution in [0.15, 0.2) is 61.1 Å². The van der Waals surface area contributed by atoms with E-state index in [1.54, 1.807) is 6.20 Å². The molecule has 156 valence electrons. The van der Waals surface area contributed by atoms with Crippen molar-refractivity contribution in [1.29, 1.82) is 0 Å². The molecule has 0 spiro atoms. The number of aromatic nitrogens is 3. The van der Waals surface area contributed by atoms with Crippen molar-refractivity contribution in [1.82, 2.24) is 25.0 Å². The Hall–Kier alpha value is -2.99. The number of rotatable bonds is 6. The number of likely N-dealkylation sites (tertiary alicyclic amines) is 1. The standard InChI is InChI=1S/C24H29N5O/c1-18-8-3-4-10-21(18)24(30)27-23(22-11-5-6-12-25-22)20-9-7-13-29(17-20)16-19-14-26-28(2)15-19/h3-6,8,10-12,14-15,20,23H,7,9,13,16-17H2,1-2H3,(H,27,30)/t20-,23-/m1/s1. The summed E-state index contributed by atoms with van der Waals surface area (Å²) >= 11 is 0. The van der Waals surface area contributed by atoms with Crippen molar-refractivity contribution in [3.05, 3.63) is 83.4 Å². The number of hydrogen-bond donors (Lipinski definition) is 1. The van der Waals surface area contributed by atoms with Crippen LogP contribution in [0.5, 0.6) is 0 Å². The second-order valence-corrected chi connectivity index (χ2v) is 8.18. The lowest BCUT2D eigenvalue weighted by Gasteiger charge is -2.37. The van der Waals surface area contributed by atoms with Crippen LogP contribution >= 0.6 is 0 Å². The molecule has 6 nitrogen and oxygen atoms in total. The Balaban J connectivity index is 1.53. The lowest BCUT2D eigenvalue weighted by atomic mass is 9.88. The second-order valence-electron chi connectivity index (χ2n) is 8.18. The number of nitrogens with zero attached hydrogens (tertiary/aromatic N) is 4. The van der Waals surface area contributed by atoms with Crippen LogP contribution in [0.1, 0.15) is 46.1 Å². The molecule has 0 bridgehead atoms. The molecule has 1 saturated heterocycles. The highest BCUT2D eigenvalue weighted by Crippen LogP contribution is 2.30. The summed E-state index contributed by atoms with van der Waals surface area (Å²) in [7, 11) is 1.95. The van der Waals surface area contributed by atoms with Crippen LogP contribution in [-0.2, 0) is 13.6 Å². The maximum absolute atomic E-state index is 13.1. The summed E-state index contributed by atoms with van der Waals surface area (Å²) in [6.07, 6.45) is 7.98. The molecule has 0 aliphatic carbocycles. The van der Waals surface area contributed by atoms with Crippen molar-refractivity contribution in [2.24, 2.45) is 13.0 Å². The zero-order chi connectivity index (χ0) is 20.9. The third-order valence-corrected chi connectivity index (χ3v) is 5.86. The summed E-state index contributed by atoms with van der Waals surface area (Å²) in [5.41, 5.74) is 3.85. The van der Waals surface area contributed by atoms with E-state index in [-0.39, 0.29) is 11.9 Å². The third-order valence-electron chi connectivity index (χ3n) is 5.86. The summed E-state index contributed by atoms with van der Waals surface area (Å²) in [6.45, 7) is 4.84. The van der Waals surface area contributed by atoms with E-state index < -0.39 is 0 Å². The van der Waals surface area contributed by atoms with Crippen LogP contribution in [0, 0.1) is 12.8 Å². The number of carbonyl (C=O) groups is 1. The first-order chi connectivity index (χ1) is 14.6. The minimum Gasteiger partial charge on any atom is -0.343 e. The van der Waals surface area contributed by atoms with Gasteiger partial charge in [-0.05, 0) is 56.0 Å². The topological polar surface area (TPSA) is 63.1 Å². The molecule has 1 fully saturated rings. The minimum absolute atomic E-state index is 0.0341. The van der Waals surface area contributed by atoms with Crippen LogP contribution < -0.4 is 5.32 Å². The summed E-state index contributed by atoms with van der Waals surface area (Å²) in [5.74, 6) is 0.270. The zero-order valence-corrected chi connectivity index (χ0v) is 17.7. The Labute approximate surface area is 177 Å². The van der Waals surface area contributed by atoms with E-state index in [1.165, 1.54) is 5.56 Å². The number of aryl methyl sites for hydroxylation is 2. The molecule has 0 saturated carbocycles. The van der Waals surface area contributed by atoms with Crippen LogP contribution in [0.3, 0.4) is 0 Å². The summed E-state index contributed by atoms with van der Waals surface area (Å²) in [5, 5.41) is 7.59. The molecule has 2 atom stereocenters. The van der Waals surface area contributed by atoms with E-state index in [2.05, 4.69) is 26.5 Å². The van der Waals surface area contributed by atoms with Crippen molar-refractivity contribution < 1.29 is 4.79 Å². The van der Waals surface area contributed by atoms with Crippen molar-refractivity contribution in [3.63, 3.8) is 0 Å². The van der Waals surface area contributed by atoms with E-state index in [9.17, 15) is 4.79 Å². The molecule has 0 radical (unpaired) electrons. The summed E-state index contributed by atoms with van der Waals surface area (Å²) in [6, 6.07) is 13.5. The molecule has 1 amide bonds. The predicted molar refractivity (Wildman–Crippen MR) is 117 cm³/mol. The number of amides is 1. The van der Waals surface area contributed by atoms with Gasteiger partial charge in [-0.15, -0.1) is 0 Å². The van der Waals surface area contributed by atoms with Gasteiger partial charge < -0.3 is 5.32 Å². The Morgan fingerprint density at radius 2 is 2.07 bits per heavy atom. The monoisotopic (exact) mass is 403 g/mol. The lowest BCUT2D eigenvalue weighted by Crippen LogP contribution is -2.43. The van der Waals surface area contributed by atoms with Gasteiger partial charge in [-0.2, -0.15) is 5.10 Å². The van der Waals surface area contributed by atoms with Gasteiger partial charge >= 0.3 is 0 Å². The van der Waals surface area contributed by atoms with Gasteiger partial charge in [0, 0.05) is 43.7 Å². The minimum atomic E-state index is -0.116. The highest BCUT2D eigenvalue weighted by molar-refractivity contribution is 5.95. The van der Waals surface area contributed by atoms with E-state index >= 15 is 0 Å². The maximum Gasteiger partial charge on any atom is 0.252 e. The number of benzene rings is 1. The molecule has 4 rings (SSSR count). The van der Waals surface area contributed by atoms with E-state index in [0.29, 0.717) is 5.92 Å². The van der Waals surface area contributed by atoms with E-state index in [4.69, 9.17) is 0 Å². The fraction of sp³-hybridized carbons (Fsp3) is 0.375. The normalized spacial score (nSPS) is 18.1. The van der Waals surface area contributed by atoms with Gasteiger partial charge in [-0.1, -0.05) is 24.3 Å². The fourth-order valence-corrected chi connectivity index (χ4v) is 4.36. The predicted octanol–water partition coefficient (Wildman–Crippen LogP) is 3.51. The summed E-state index contributed by atoms with van der Waals surface area (Å²) in [4.78, 5) is 20.2. The maximum atomic E-state index is 13.1. The molecule has 6 heteroatoms. The van der Waals surface area contributed by atoms with Crippen LogP contribution in [-0.4, -0.2) is 38.7 Å². The van der Waals surface area contributed by atoms with Crippen molar-refractivity contribution in [2.75, 3.05) is 13.1 Å². The molecule has 1 aliphatic rings. The third kappa shape index (κ3) is 4.76. The first kappa shape index (κ1) is 20.3. The van der Waals surface area contributed by atoms with Crippen LogP contribution in [0.2, 0.25) is 0 Å². The fourth-order valence-electron chi connectivity index (χ4n) is 4.36. The Morgan fingerprint density at radius 3 is 2.80 bits per heavy atom. The van der Waals surface area contributed by atoms with E-state index in [0.717, 1.165) is 49.3 Å². The van der Waals surface area contributed by atoms with Gasteiger partial charge in [-0.25, -0.2) is 0 Å². The molecule has 3 heterocycles. The quantitative estimate of drug-likeness (QED) is 0.684. The van der Waals surface area contributed by atoms with Crippen molar-refractivity contribution in [2.45, 2.75) is 32.4 Å². The molecule has 1 aliphatic heterocycles. The number of piperidine rings is 1. The highest BCUT2D eigenvalue weighted by Gasteiger charge is 2.31. The molecule has 30 heavy (non-hydrogen) atoms. The van der Waals surface area contributed by atoms with Crippen molar-refractivity contribution >= 4 is 5.91 Å². The molecular formula is C24H29N5O. The molecule has 1 N–H and O–H groups in total. The summed E-state index contributed by atoms with van der Waals surface area (Å²) < 4.78 is 1.84. The average Bonchev–Trinajstić information content (AvgIpc) is 3.17. The molecular weight excluding hydrogens is 374 g/mol. The Kier molecular flexibility index (Phi) is 6.23. The molecule has 1 aromatic carbocycles. The van der Waals surface area contributed by atoms with Gasteiger partial charge in [0.1, 0.15) is 0 Å². The molecule has 3 aromatic rings. The first-order valence-electron chi connectivity index (χ1n) is 10.6. The average molecular weight is 404 g/mol. The zero-order valence-electron chi connectivity index (χ0n) is 17.7. The molecule has 2 aromatic heterocycles. The Bertz CT molecular complexity index is 984. The largest absolute Gasteiger partial charge is 0.343 e. The Morgan fingerprint density at radius 1 is 1.23 bits per heavy atom. The van der Waals surface area contributed by atoms with Crippen LogP contribution in [0.4, 0.5) is 0 Å². The number of nitrogens with one attached hydrogen (secondary N) is 1. The lowest BCUT2D eigenvalue weighted by molar-refractivity contribution is 0.0874. The highest BCUT2D eigenvalue weighted by atomic mass is 16.1. The van der Waals surface area contributed by atoms with Gasteiger partial charge in [0.25, 0.3) is 5.91 Å². The van der Waals surface area contributed by atoms with Gasteiger partial charge in [0.2, 0.25) is 0 Å². The van der Waals surface area contributed by atoms with E-state index in [1.807, 2.05) is 67.3 Å². The van der Waals surface area contributed by atoms with Crippen LogP contribution in [0.25, 0.3) is 0 Å². The van der Waals surface area contributed by atoms with Crippen molar-refractivity contribution in [3.8, 4) is 0 Å². The second kappa shape index (κ2) is 9.22. The number of hydrogen-bond acceptors (Lipinski definition) is 4.